The Kier molecular flexibility index (Phi) is 3.47. The van der Waals surface area contributed by atoms with Crippen molar-refractivity contribution < 1.29 is 0 Å². The summed E-state index contributed by atoms with van der Waals surface area (Å²) in [6, 6.07) is 0. The highest BCUT2D eigenvalue weighted by Gasteiger charge is 2.13. The molecule has 0 aromatic carbocycles. The van der Waals surface area contributed by atoms with E-state index in [0.29, 0.717) is 23.6 Å². The molecular weight excluding hydrogens is 248 g/mol. The molecule has 96 valence electrons. The highest BCUT2D eigenvalue weighted by molar-refractivity contribution is 7.09. The van der Waals surface area contributed by atoms with Gasteiger partial charge >= 0.3 is 0 Å². The van der Waals surface area contributed by atoms with Crippen LogP contribution in [-0.4, -0.2) is 15.0 Å². The lowest BCUT2D eigenvalue weighted by Gasteiger charge is -2.08. The van der Waals surface area contributed by atoms with E-state index in [-0.39, 0.29) is 11.5 Å². The first-order chi connectivity index (χ1) is 8.47. The summed E-state index contributed by atoms with van der Waals surface area (Å²) in [7, 11) is 0. The number of H-pyrrole nitrogens is 1. The summed E-state index contributed by atoms with van der Waals surface area (Å²) >= 11 is 1.58. The maximum atomic E-state index is 11.9. The molecule has 3 N–H and O–H groups in total. The van der Waals surface area contributed by atoms with Gasteiger partial charge in [-0.2, -0.15) is 0 Å². The highest BCUT2D eigenvalue weighted by atomic mass is 32.1. The Bertz CT molecular complexity index is 615. The van der Waals surface area contributed by atoms with Crippen molar-refractivity contribution in [2.24, 2.45) is 0 Å². The number of nitrogens with two attached hydrogens (primary N) is 1. The molecule has 2 rings (SSSR count). The lowest BCUT2D eigenvalue weighted by atomic mass is 10.1. The van der Waals surface area contributed by atoms with Crippen LogP contribution in [0.2, 0.25) is 0 Å². The van der Waals surface area contributed by atoms with Crippen molar-refractivity contribution in [2.45, 2.75) is 33.1 Å². The predicted molar refractivity (Wildman–Crippen MR) is 73.0 cm³/mol. The molecule has 6 heteroatoms. The van der Waals surface area contributed by atoms with Gasteiger partial charge in [0, 0.05) is 11.8 Å². The van der Waals surface area contributed by atoms with E-state index in [1.807, 2.05) is 26.2 Å². The van der Waals surface area contributed by atoms with E-state index < -0.39 is 0 Å². The van der Waals surface area contributed by atoms with Gasteiger partial charge in [0.2, 0.25) is 0 Å². The molecule has 2 heterocycles. The first-order valence-corrected chi connectivity index (χ1v) is 6.65. The van der Waals surface area contributed by atoms with Gasteiger partial charge in [-0.3, -0.25) is 4.79 Å². The van der Waals surface area contributed by atoms with Gasteiger partial charge in [0.1, 0.15) is 11.6 Å². The monoisotopic (exact) mass is 264 g/mol. The van der Waals surface area contributed by atoms with Crippen molar-refractivity contribution in [3.05, 3.63) is 37.8 Å². The number of anilines is 1. The molecule has 5 nitrogen and oxygen atoms in total. The summed E-state index contributed by atoms with van der Waals surface area (Å²) < 4.78 is 0. The Labute approximate surface area is 109 Å². The average molecular weight is 264 g/mol. The van der Waals surface area contributed by atoms with Crippen molar-refractivity contribution in [2.75, 3.05) is 5.73 Å². The Balaban J connectivity index is 2.34. The van der Waals surface area contributed by atoms with Crippen LogP contribution in [0.25, 0.3) is 0 Å². The van der Waals surface area contributed by atoms with Gasteiger partial charge in [0.05, 0.1) is 16.3 Å². The summed E-state index contributed by atoms with van der Waals surface area (Å²) in [5.41, 5.74) is 7.13. The van der Waals surface area contributed by atoms with E-state index in [4.69, 9.17) is 5.73 Å². The zero-order chi connectivity index (χ0) is 13.3. The van der Waals surface area contributed by atoms with E-state index >= 15 is 0 Å². The average Bonchev–Trinajstić information content (AvgIpc) is 2.62. The van der Waals surface area contributed by atoms with Crippen LogP contribution in [-0.2, 0) is 6.42 Å². The smallest absolute Gasteiger partial charge is 0.256 e. The third-order valence-electron chi connectivity index (χ3n) is 2.63. The van der Waals surface area contributed by atoms with Crippen LogP contribution >= 0.6 is 11.3 Å². The molecule has 0 aliphatic heterocycles. The first-order valence-electron chi connectivity index (χ1n) is 5.77. The first kappa shape index (κ1) is 12.8. The number of hydrogen-bond acceptors (Lipinski definition) is 5. The largest absolute Gasteiger partial charge is 0.383 e. The molecule has 0 spiro atoms. The van der Waals surface area contributed by atoms with Gasteiger partial charge in [-0.05, 0) is 12.8 Å². The van der Waals surface area contributed by atoms with Gasteiger partial charge in [0.25, 0.3) is 5.56 Å². The number of aromatic amines is 1. The SMILES string of the molecule is Cc1nc(Cc2nc(N)c(C(C)C)c(=O)[nH]2)cs1. The van der Waals surface area contributed by atoms with Gasteiger partial charge in [-0.15, -0.1) is 11.3 Å². The fourth-order valence-electron chi connectivity index (χ4n) is 1.85. The third kappa shape index (κ3) is 2.59. The molecule has 2 aromatic rings. The lowest BCUT2D eigenvalue weighted by Crippen LogP contribution is -2.21. The van der Waals surface area contributed by atoms with Crippen molar-refractivity contribution in [1.29, 1.82) is 0 Å². The summed E-state index contributed by atoms with van der Waals surface area (Å²) in [5.74, 6) is 0.944. The van der Waals surface area contributed by atoms with Crippen molar-refractivity contribution in [3.63, 3.8) is 0 Å². The number of nitrogen functional groups attached to an aromatic ring is 1. The minimum absolute atomic E-state index is 0.0665. The maximum Gasteiger partial charge on any atom is 0.256 e. The minimum Gasteiger partial charge on any atom is -0.383 e. The fraction of sp³-hybridized carbons (Fsp3) is 0.417. The van der Waals surface area contributed by atoms with Crippen LogP contribution in [0.5, 0.6) is 0 Å². The summed E-state index contributed by atoms with van der Waals surface area (Å²) in [6.07, 6.45) is 0.502. The normalized spacial score (nSPS) is 11.1. The highest BCUT2D eigenvalue weighted by Crippen LogP contribution is 2.16. The topological polar surface area (TPSA) is 84.7 Å². The molecule has 0 fully saturated rings. The van der Waals surface area contributed by atoms with Crippen LogP contribution in [0.1, 0.15) is 41.9 Å². The van der Waals surface area contributed by atoms with E-state index in [1.165, 1.54) is 0 Å². The molecule has 0 bridgehead atoms. The number of rotatable bonds is 3. The van der Waals surface area contributed by atoms with E-state index in [0.717, 1.165) is 10.7 Å². The lowest BCUT2D eigenvalue weighted by molar-refractivity contribution is 0.815. The fourth-order valence-corrected chi connectivity index (χ4v) is 2.46. The number of aryl methyl sites for hydroxylation is 1. The maximum absolute atomic E-state index is 11.9. The molecule has 0 atom stereocenters. The van der Waals surface area contributed by atoms with Crippen molar-refractivity contribution in [3.8, 4) is 0 Å². The molecule has 0 saturated heterocycles. The molecule has 0 unspecified atom stereocenters. The number of hydrogen-bond donors (Lipinski definition) is 2. The van der Waals surface area contributed by atoms with E-state index in [9.17, 15) is 4.79 Å². The summed E-state index contributed by atoms with van der Waals surface area (Å²) in [4.78, 5) is 23.3. The van der Waals surface area contributed by atoms with Crippen LogP contribution in [0.15, 0.2) is 10.2 Å². The summed E-state index contributed by atoms with van der Waals surface area (Å²) in [5, 5.41) is 2.96. The predicted octanol–water partition coefficient (Wildman–Crippen LogP) is 1.83. The van der Waals surface area contributed by atoms with Crippen LogP contribution in [0.4, 0.5) is 5.82 Å². The minimum atomic E-state index is -0.153. The molecule has 0 amide bonds. The Hall–Kier alpha value is -1.69. The third-order valence-corrected chi connectivity index (χ3v) is 3.45. The Morgan fingerprint density at radius 2 is 2.17 bits per heavy atom. The number of thiazole rings is 1. The van der Waals surface area contributed by atoms with Gasteiger partial charge in [-0.1, -0.05) is 13.8 Å². The van der Waals surface area contributed by atoms with Crippen LogP contribution < -0.4 is 11.3 Å². The molecule has 2 aromatic heterocycles. The zero-order valence-corrected chi connectivity index (χ0v) is 11.5. The van der Waals surface area contributed by atoms with Gasteiger partial charge in [-0.25, -0.2) is 9.97 Å². The molecular formula is C12H16N4OS. The molecule has 0 aliphatic rings. The molecule has 0 radical (unpaired) electrons. The van der Waals surface area contributed by atoms with Gasteiger partial charge < -0.3 is 10.7 Å². The number of nitrogens with zero attached hydrogens (tertiary/aromatic N) is 2. The quantitative estimate of drug-likeness (QED) is 0.885. The van der Waals surface area contributed by atoms with Crippen molar-refractivity contribution >= 4 is 17.2 Å². The van der Waals surface area contributed by atoms with Crippen molar-refractivity contribution in [1.82, 2.24) is 15.0 Å². The van der Waals surface area contributed by atoms with Gasteiger partial charge in [0.15, 0.2) is 0 Å². The number of nitrogens with one attached hydrogen (secondary N) is 1. The Morgan fingerprint density at radius 1 is 1.44 bits per heavy atom. The molecule has 18 heavy (non-hydrogen) atoms. The Morgan fingerprint density at radius 3 is 2.67 bits per heavy atom. The second kappa shape index (κ2) is 4.89. The zero-order valence-electron chi connectivity index (χ0n) is 10.7. The van der Waals surface area contributed by atoms with E-state index in [1.54, 1.807) is 11.3 Å². The number of aromatic nitrogens is 3. The molecule has 0 saturated carbocycles. The van der Waals surface area contributed by atoms with Crippen LogP contribution in [0.3, 0.4) is 0 Å². The molecule has 0 aliphatic carbocycles. The summed E-state index contributed by atoms with van der Waals surface area (Å²) in [6.45, 7) is 5.79. The standard InChI is InChI=1S/C12H16N4OS/c1-6(2)10-11(13)15-9(16-12(10)17)4-8-5-18-7(3)14-8/h5-6H,4H2,1-3H3,(H3,13,15,16,17). The second-order valence-electron chi connectivity index (χ2n) is 4.50. The van der Waals surface area contributed by atoms with E-state index in [2.05, 4.69) is 15.0 Å². The second-order valence-corrected chi connectivity index (χ2v) is 5.56. The van der Waals surface area contributed by atoms with Crippen LogP contribution in [0, 0.1) is 6.92 Å².